The number of aromatic hydroxyl groups is 1. The molecule has 0 amide bonds. The second-order valence-corrected chi connectivity index (χ2v) is 4.24. The maximum absolute atomic E-state index is 13.7. The second kappa shape index (κ2) is 4.37. The van der Waals surface area contributed by atoms with Crippen molar-refractivity contribution in [2.45, 2.75) is 18.8 Å². The van der Waals surface area contributed by atoms with E-state index in [1.807, 2.05) is 0 Å². The molecule has 1 aromatic carbocycles. The number of phenolic OH excluding ortho intramolecular Hbond substituents is 1. The summed E-state index contributed by atoms with van der Waals surface area (Å²) in [6, 6.07) is 2.83. The second-order valence-electron chi connectivity index (χ2n) is 3.84. The summed E-state index contributed by atoms with van der Waals surface area (Å²) in [5, 5.41) is 12.9. The maximum Gasteiger partial charge on any atom is 0.169 e. The number of rotatable bonds is 1. The molecule has 1 saturated heterocycles. The molecule has 1 aliphatic rings. The van der Waals surface area contributed by atoms with Gasteiger partial charge in [0.25, 0.3) is 0 Å². The molecule has 1 aliphatic heterocycles. The number of phenols is 1. The molecule has 0 spiro atoms. The number of hydrogen-bond acceptors (Lipinski definition) is 2. The van der Waals surface area contributed by atoms with E-state index in [2.05, 4.69) is 5.32 Å². The average molecular weight is 230 g/mol. The fraction of sp³-hybridized carbons (Fsp3) is 0.455. The molecule has 82 valence electrons. The van der Waals surface area contributed by atoms with Crippen molar-refractivity contribution < 1.29 is 9.50 Å². The van der Waals surface area contributed by atoms with E-state index in [0.29, 0.717) is 10.6 Å². The van der Waals surface area contributed by atoms with Crippen LogP contribution in [0.5, 0.6) is 5.75 Å². The van der Waals surface area contributed by atoms with Crippen LogP contribution in [0.2, 0.25) is 5.02 Å². The predicted molar refractivity (Wildman–Crippen MR) is 57.9 cm³/mol. The van der Waals surface area contributed by atoms with Gasteiger partial charge in [-0.1, -0.05) is 11.6 Å². The van der Waals surface area contributed by atoms with Crippen LogP contribution >= 0.6 is 11.6 Å². The van der Waals surface area contributed by atoms with Gasteiger partial charge in [0, 0.05) is 23.0 Å². The summed E-state index contributed by atoms with van der Waals surface area (Å²) in [4.78, 5) is 0. The molecule has 0 aliphatic carbocycles. The highest BCUT2D eigenvalue weighted by Crippen LogP contribution is 2.35. The zero-order valence-corrected chi connectivity index (χ0v) is 9.02. The third kappa shape index (κ3) is 2.08. The lowest BCUT2D eigenvalue weighted by Crippen LogP contribution is -2.29. The van der Waals surface area contributed by atoms with Crippen molar-refractivity contribution in [3.8, 4) is 5.75 Å². The third-order valence-electron chi connectivity index (χ3n) is 2.81. The number of benzene rings is 1. The van der Waals surface area contributed by atoms with E-state index < -0.39 is 5.82 Å². The lowest BCUT2D eigenvalue weighted by Gasteiger charge is -2.24. The van der Waals surface area contributed by atoms with E-state index in [1.165, 1.54) is 6.07 Å². The van der Waals surface area contributed by atoms with Gasteiger partial charge in [0.2, 0.25) is 0 Å². The molecule has 1 heterocycles. The van der Waals surface area contributed by atoms with Crippen LogP contribution in [0.3, 0.4) is 0 Å². The molecule has 2 N–H and O–H groups in total. The van der Waals surface area contributed by atoms with Crippen molar-refractivity contribution >= 4 is 11.6 Å². The van der Waals surface area contributed by atoms with Crippen LogP contribution in [-0.4, -0.2) is 18.2 Å². The molecule has 1 unspecified atom stereocenters. The minimum atomic E-state index is -0.573. The Morgan fingerprint density at radius 2 is 2.27 bits per heavy atom. The number of hydrogen-bond donors (Lipinski definition) is 2. The lowest BCUT2D eigenvalue weighted by atomic mass is 9.91. The highest BCUT2D eigenvalue weighted by Gasteiger charge is 2.23. The van der Waals surface area contributed by atoms with Crippen molar-refractivity contribution in [2.24, 2.45) is 0 Å². The Kier molecular flexibility index (Phi) is 3.12. The van der Waals surface area contributed by atoms with Crippen molar-refractivity contribution in [3.05, 3.63) is 28.5 Å². The Hall–Kier alpha value is -0.800. The first-order valence-corrected chi connectivity index (χ1v) is 5.45. The Morgan fingerprint density at radius 3 is 2.93 bits per heavy atom. The lowest BCUT2D eigenvalue weighted by molar-refractivity contribution is 0.409. The number of nitrogens with one attached hydrogen (secondary N) is 1. The molecule has 1 fully saturated rings. The fourth-order valence-corrected chi connectivity index (χ4v) is 2.33. The standard InChI is InChI=1S/C11H13ClFNO/c12-8-3-4-9(15)11(13)10(8)7-2-1-5-14-6-7/h3-4,7,14-15H,1-2,5-6H2. The molecule has 1 atom stereocenters. The van der Waals surface area contributed by atoms with Gasteiger partial charge in [0.1, 0.15) is 0 Å². The van der Waals surface area contributed by atoms with Gasteiger partial charge >= 0.3 is 0 Å². The molecule has 0 aromatic heterocycles. The topological polar surface area (TPSA) is 32.3 Å². The average Bonchev–Trinajstić information content (AvgIpc) is 2.26. The van der Waals surface area contributed by atoms with Crippen LogP contribution in [0.1, 0.15) is 24.3 Å². The first-order valence-electron chi connectivity index (χ1n) is 5.07. The summed E-state index contributed by atoms with van der Waals surface area (Å²) >= 11 is 5.96. The van der Waals surface area contributed by atoms with Gasteiger partial charge in [-0.3, -0.25) is 0 Å². The van der Waals surface area contributed by atoms with Crippen LogP contribution < -0.4 is 5.32 Å². The van der Waals surface area contributed by atoms with Gasteiger partial charge in [0.05, 0.1) is 0 Å². The van der Waals surface area contributed by atoms with Crippen molar-refractivity contribution in [2.75, 3.05) is 13.1 Å². The first kappa shape index (κ1) is 10.7. The number of piperidine rings is 1. The molecular weight excluding hydrogens is 217 g/mol. The van der Waals surface area contributed by atoms with Gasteiger partial charge in [-0.25, -0.2) is 4.39 Å². The highest BCUT2D eigenvalue weighted by atomic mass is 35.5. The predicted octanol–water partition coefficient (Wildman–Crippen LogP) is 2.65. The van der Waals surface area contributed by atoms with E-state index >= 15 is 0 Å². The largest absolute Gasteiger partial charge is 0.505 e. The molecule has 0 saturated carbocycles. The van der Waals surface area contributed by atoms with Crippen LogP contribution in [-0.2, 0) is 0 Å². The summed E-state index contributed by atoms with van der Waals surface area (Å²) in [6.45, 7) is 1.69. The molecular formula is C11H13ClFNO. The SMILES string of the molecule is Oc1ccc(Cl)c(C2CCCNC2)c1F. The minimum absolute atomic E-state index is 0.0679. The Labute approximate surface area is 93.1 Å². The first-order chi connectivity index (χ1) is 7.20. The molecule has 1 aromatic rings. The highest BCUT2D eigenvalue weighted by molar-refractivity contribution is 6.31. The molecule has 2 nitrogen and oxygen atoms in total. The van der Waals surface area contributed by atoms with E-state index in [9.17, 15) is 9.50 Å². The van der Waals surface area contributed by atoms with Crippen LogP contribution in [0.25, 0.3) is 0 Å². The molecule has 0 bridgehead atoms. The van der Waals surface area contributed by atoms with Crippen LogP contribution in [0, 0.1) is 5.82 Å². The summed E-state index contributed by atoms with van der Waals surface area (Å²) < 4.78 is 13.7. The molecule has 15 heavy (non-hydrogen) atoms. The van der Waals surface area contributed by atoms with Crippen LogP contribution in [0.15, 0.2) is 12.1 Å². The normalized spacial score (nSPS) is 21.6. The van der Waals surface area contributed by atoms with Gasteiger partial charge in [-0.15, -0.1) is 0 Å². The van der Waals surface area contributed by atoms with Crippen molar-refractivity contribution in [1.29, 1.82) is 0 Å². The zero-order chi connectivity index (χ0) is 10.8. The van der Waals surface area contributed by atoms with E-state index in [1.54, 1.807) is 6.07 Å². The molecule has 4 heteroatoms. The minimum Gasteiger partial charge on any atom is -0.505 e. The maximum atomic E-state index is 13.7. The third-order valence-corrected chi connectivity index (χ3v) is 3.14. The van der Waals surface area contributed by atoms with Crippen molar-refractivity contribution in [1.82, 2.24) is 5.32 Å². The zero-order valence-electron chi connectivity index (χ0n) is 8.26. The van der Waals surface area contributed by atoms with Gasteiger partial charge in [-0.05, 0) is 31.5 Å². The number of halogens is 2. The van der Waals surface area contributed by atoms with Crippen LogP contribution in [0.4, 0.5) is 4.39 Å². The Bertz CT molecular complexity index is 364. The van der Waals surface area contributed by atoms with Gasteiger partial charge in [-0.2, -0.15) is 0 Å². The summed E-state index contributed by atoms with van der Waals surface area (Å²) in [6.07, 6.45) is 1.92. The Balaban J connectivity index is 2.36. The van der Waals surface area contributed by atoms with E-state index in [-0.39, 0.29) is 11.7 Å². The van der Waals surface area contributed by atoms with Crippen molar-refractivity contribution in [3.63, 3.8) is 0 Å². The van der Waals surface area contributed by atoms with E-state index in [4.69, 9.17) is 11.6 Å². The fourth-order valence-electron chi connectivity index (χ4n) is 2.03. The van der Waals surface area contributed by atoms with E-state index in [0.717, 1.165) is 25.9 Å². The Morgan fingerprint density at radius 1 is 1.47 bits per heavy atom. The van der Waals surface area contributed by atoms with Gasteiger partial charge < -0.3 is 10.4 Å². The monoisotopic (exact) mass is 229 g/mol. The van der Waals surface area contributed by atoms with Gasteiger partial charge in [0.15, 0.2) is 11.6 Å². The summed E-state index contributed by atoms with van der Waals surface area (Å²) in [7, 11) is 0. The molecule has 0 radical (unpaired) electrons. The quantitative estimate of drug-likeness (QED) is 0.776. The smallest absolute Gasteiger partial charge is 0.169 e. The summed E-state index contributed by atoms with van der Waals surface area (Å²) in [5.74, 6) is -0.825. The summed E-state index contributed by atoms with van der Waals surface area (Å²) in [5.41, 5.74) is 0.448. The molecule has 2 rings (SSSR count).